The van der Waals surface area contributed by atoms with Crippen LogP contribution in [0, 0.1) is 0 Å². The molecule has 3 aromatic rings. The summed E-state index contributed by atoms with van der Waals surface area (Å²) in [6.07, 6.45) is 9.36. The topological polar surface area (TPSA) is 51.2 Å². The van der Waals surface area contributed by atoms with Gasteiger partial charge in [-0.2, -0.15) is 0 Å². The molecule has 3 aromatic carbocycles. The summed E-state index contributed by atoms with van der Waals surface area (Å²) in [4.78, 5) is 2.40. The third kappa shape index (κ3) is 10.9. The van der Waals surface area contributed by atoms with Gasteiger partial charge >= 0.3 is 291 Å². The molecule has 0 aromatic heterocycles. The first-order valence-electron chi connectivity index (χ1n) is 17.6. The Morgan fingerprint density at radius 2 is 1.17 bits per heavy atom. The molecule has 0 amide bonds. The van der Waals surface area contributed by atoms with Gasteiger partial charge in [-0.3, -0.25) is 0 Å². The summed E-state index contributed by atoms with van der Waals surface area (Å²) in [7, 11) is 1.76. The fourth-order valence-corrected chi connectivity index (χ4v) is 12.9. The maximum atomic E-state index is 12.4. The van der Waals surface area contributed by atoms with Gasteiger partial charge in [0.15, 0.2) is 0 Å². The van der Waals surface area contributed by atoms with Crippen LogP contribution < -0.4 is 0 Å². The summed E-state index contributed by atoms with van der Waals surface area (Å²) in [5.74, 6) is 0. The Bertz CT molecular complexity index is 1150. The molecule has 1 saturated heterocycles. The standard InChI is InChI=1S/C27H30NO4.C13H27.Sn/c1-30-27-25(26(24(29)20-32-27)31-19-23-15-9-4-10-16-23)28(17-21-11-5-2-6-12-21)18-22-13-7-3-8-14-22;1-4-7-10-13(11-8-5-2)12-9-6-3;/h2-16,20,24-27,29H,17-19H2,1H3;4-12H2,1-3H3;/t24-,25-,26+,27-;;/m1../s1. The molecule has 0 saturated carbocycles. The molecule has 1 aliphatic heterocycles. The molecule has 2 radical (unpaired) electrons. The molecule has 4 rings (SSSR count). The van der Waals surface area contributed by atoms with Crippen LogP contribution in [-0.2, 0) is 33.9 Å². The molecule has 46 heavy (non-hydrogen) atoms. The molecular formula is C40H57NO4Sn. The second kappa shape index (κ2) is 19.9. The minimum atomic E-state index is -1.29. The Balaban J connectivity index is 1.71. The average Bonchev–Trinajstić information content (AvgIpc) is 3.10. The molecule has 1 aliphatic rings. The van der Waals surface area contributed by atoms with Crippen molar-refractivity contribution < 1.29 is 19.3 Å². The molecule has 0 bridgehead atoms. The van der Waals surface area contributed by atoms with Crippen molar-refractivity contribution >= 4 is 21.1 Å². The zero-order valence-corrected chi connectivity index (χ0v) is 31.5. The molecule has 0 spiro atoms. The van der Waals surface area contributed by atoms with Crippen molar-refractivity contribution in [1.29, 1.82) is 0 Å². The number of benzene rings is 3. The van der Waals surface area contributed by atoms with Crippen molar-refractivity contribution in [3.63, 3.8) is 0 Å². The number of hydrogen-bond acceptors (Lipinski definition) is 5. The van der Waals surface area contributed by atoms with E-state index in [4.69, 9.17) is 14.2 Å². The van der Waals surface area contributed by atoms with Gasteiger partial charge in [0.2, 0.25) is 0 Å². The second-order valence-corrected chi connectivity index (χ2v) is 18.5. The van der Waals surface area contributed by atoms with Crippen molar-refractivity contribution in [2.45, 2.75) is 130 Å². The van der Waals surface area contributed by atoms with Gasteiger partial charge < -0.3 is 0 Å². The molecule has 250 valence electrons. The number of hydrogen-bond donors (Lipinski definition) is 1. The molecule has 5 atom stereocenters. The number of aliphatic hydroxyl groups is 1. The van der Waals surface area contributed by atoms with Crippen molar-refractivity contribution in [3.8, 4) is 0 Å². The number of aliphatic hydroxyl groups excluding tert-OH is 1. The fraction of sp³-hybridized carbons (Fsp3) is 0.550. The number of unbranched alkanes of at least 4 members (excludes halogenated alkanes) is 3. The Hall–Kier alpha value is -1.74. The van der Waals surface area contributed by atoms with E-state index in [9.17, 15) is 5.11 Å². The quantitative estimate of drug-likeness (QED) is 0.118. The summed E-state index contributed by atoms with van der Waals surface area (Å²) < 4.78 is 20.2. The molecular weight excluding hydrogens is 677 g/mol. The zero-order valence-electron chi connectivity index (χ0n) is 28.7. The summed E-state index contributed by atoms with van der Waals surface area (Å²) in [5, 5.41) is 12.4. The van der Waals surface area contributed by atoms with Gasteiger partial charge in [0, 0.05) is 0 Å². The Labute approximate surface area is 289 Å². The van der Waals surface area contributed by atoms with Crippen molar-refractivity contribution in [1.82, 2.24) is 4.90 Å². The summed E-state index contributed by atoms with van der Waals surface area (Å²) in [6, 6.07) is 31.2. The van der Waals surface area contributed by atoms with E-state index in [1.165, 1.54) is 68.9 Å². The van der Waals surface area contributed by atoms with E-state index in [2.05, 4.69) is 98.5 Å². The zero-order chi connectivity index (χ0) is 32.6. The third-order valence-corrected chi connectivity index (χ3v) is 15.5. The van der Waals surface area contributed by atoms with Crippen LogP contribution in [0.1, 0.15) is 95.2 Å². The van der Waals surface area contributed by atoms with E-state index in [1.807, 2.05) is 18.2 Å². The van der Waals surface area contributed by atoms with Gasteiger partial charge in [-0.15, -0.1) is 0 Å². The fourth-order valence-electron chi connectivity index (χ4n) is 6.83. The van der Waals surface area contributed by atoms with Crippen molar-refractivity contribution in [2.24, 2.45) is 0 Å². The van der Waals surface area contributed by atoms with Gasteiger partial charge in [0.1, 0.15) is 0 Å². The molecule has 0 aliphatic carbocycles. The molecule has 1 fully saturated rings. The molecule has 1 heterocycles. The summed E-state index contributed by atoms with van der Waals surface area (Å²) in [6.45, 7) is 8.72. The Morgan fingerprint density at radius 1 is 0.717 bits per heavy atom. The van der Waals surface area contributed by atoms with E-state index in [0.717, 1.165) is 5.56 Å². The molecule has 6 heteroatoms. The monoisotopic (exact) mass is 735 g/mol. The normalized spacial score (nSPS) is 21.9. The van der Waals surface area contributed by atoms with Gasteiger partial charge in [-0.1, -0.05) is 0 Å². The first kappa shape index (κ1) is 37.1. The van der Waals surface area contributed by atoms with Crippen LogP contribution in [0.2, 0.25) is 3.43 Å². The third-order valence-electron chi connectivity index (χ3n) is 9.41. The number of methoxy groups -OCH3 is 1. The SMILES string of the molecule is CCCC[C](CCCC)(CCCC)[Sn][C@H]1O[C@@H](OC)[C@H](N(Cc2ccccc2)Cc2ccccc2)[C@@H](OCc2ccccc2)[C@@H]1O. The Morgan fingerprint density at radius 3 is 1.61 bits per heavy atom. The van der Waals surface area contributed by atoms with E-state index in [1.54, 1.807) is 7.11 Å². The van der Waals surface area contributed by atoms with Crippen molar-refractivity contribution in [3.05, 3.63) is 108 Å². The number of ether oxygens (including phenoxy) is 3. The van der Waals surface area contributed by atoms with Crippen LogP contribution in [0.4, 0.5) is 0 Å². The van der Waals surface area contributed by atoms with E-state index >= 15 is 0 Å². The van der Waals surface area contributed by atoms with Crippen LogP contribution in [0.15, 0.2) is 91.0 Å². The second-order valence-electron chi connectivity index (χ2n) is 13.0. The number of nitrogens with zero attached hydrogens (tertiary/aromatic N) is 1. The van der Waals surface area contributed by atoms with Crippen LogP contribution >= 0.6 is 0 Å². The summed E-state index contributed by atoms with van der Waals surface area (Å²) >= 11 is -1.29. The van der Waals surface area contributed by atoms with Crippen LogP contribution in [0.5, 0.6) is 0 Å². The first-order chi connectivity index (χ1) is 22.5. The predicted octanol–water partition coefficient (Wildman–Crippen LogP) is 8.77. The molecule has 5 nitrogen and oxygen atoms in total. The van der Waals surface area contributed by atoms with E-state index < -0.39 is 39.6 Å². The van der Waals surface area contributed by atoms with E-state index in [0.29, 0.717) is 23.1 Å². The van der Waals surface area contributed by atoms with Gasteiger partial charge in [-0.25, -0.2) is 0 Å². The van der Waals surface area contributed by atoms with Gasteiger partial charge in [0.25, 0.3) is 0 Å². The average molecular weight is 735 g/mol. The van der Waals surface area contributed by atoms with Gasteiger partial charge in [-0.05, 0) is 0 Å². The first-order valence-corrected chi connectivity index (χ1v) is 20.7. The van der Waals surface area contributed by atoms with Crippen molar-refractivity contribution in [2.75, 3.05) is 7.11 Å². The molecule has 0 unspecified atom stereocenters. The van der Waals surface area contributed by atoms with E-state index in [-0.39, 0.29) is 10.2 Å². The van der Waals surface area contributed by atoms with Crippen LogP contribution in [0.25, 0.3) is 0 Å². The van der Waals surface area contributed by atoms with Crippen LogP contribution in [0.3, 0.4) is 0 Å². The number of rotatable bonds is 20. The maximum absolute atomic E-state index is 12.4. The molecule has 1 N–H and O–H groups in total. The Kier molecular flexibility index (Phi) is 16.1. The summed E-state index contributed by atoms with van der Waals surface area (Å²) in [5.41, 5.74) is 3.52. The van der Waals surface area contributed by atoms with Gasteiger partial charge in [0.05, 0.1) is 0 Å². The van der Waals surface area contributed by atoms with Crippen LogP contribution in [-0.4, -0.2) is 66.9 Å². The predicted molar refractivity (Wildman–Crippen MR) is 190 cm³/mol. The minimum absolute atomic E-state index is 0.202.